The fourth-order valence-electron chi connectivity index (χ4n) is 4.56. The molecule has 0 N–H and O–H groups in total. The van der Waals surface area contributed by atoms with Gasteiger partial charge in [0.2, 0.25) is 0 Å². The van der Waals surface area contributed by atoms with Crippen LogP contribution in [0.5, 0.6) is 0 Å². The Bertz CT molecular complexity index is 1550. The Morgan fingerprint density at radius 2 is 1.61 bits per heavy atom. The number of aldehydes is 1. The zero-order valence-electron chi connectivity index (χ0n) is 19.5. The fourth-order valence-corrected chi connectivity index (χ4v) is 6.13. The van der Waals surface area contributed by atoms with Crippen LogP contribution in [0.4, 0.5) is 5.69 Å². The molecule has 6 nitrogen and oxygen atoms in total. The van der Waals surface area contributed by atoms with Crippen molar-refractivity contribution < 1.29 is 22.4 Å². The van der Waals surface area contributed by atoms with E-state index in [-0.39, 0.29) is 34.1 Å². The number of ketones is 1. The summed E-state index contributed by atoms with van der Waals surface area (Å²) >= 11 is 0. The number of allylic oxidation sites excluding steroid dienone is 1. The highest BCUT2D eigenvalue weighted by Gasteiger charge is 2.40. The van der Waals surface area contributed by atoms with Gasteiger partial charge in [-0.15, -0.1) is 0 Å². The van der Waals surface area contributed by atoms with Crippen LogP contribution in [0.25, 0.3) is 5.70 Å². The van der Waals surface area contributed by atoms with Gasteiger partial charge < -0.3 is 4.42 Å². The third kappa shape index (κ3) is 4.07. The Labute approximate surface area is 209 Å². The number of furan rings is 1. The van der Waals surface area contributed by atoms with E-state index in [0.29, 0.717) is 23.1 Å². The second kappa shape index (κ2) is 9.43. The predicted octanol–water partition coefficient (Wildman–Crippen LogP) is 5.76. The van der Waals surface area contributed by atoms with Crippen molar-refractivity contribution in [2.75, 3.05) is 4.31 Å². The number of carbonyl (C=O) groups excluding carboxylic acids is 2. The number of fused-ring (bicyclic) bond motifs is 1. The molecule has 7 heteroatoms. The highest BCUT2D eigenvalue weighted by atomic mass is 32.2. The van der Waals surface area contributed by atoms with E-state index in [1.54, 1.807) is 84.9 Å². The van der Waals surface area contributed by atoms with Gasteiger partial charge in [-0.05, 0) is 48.4 Å². The molecule has 4 aromatic rings. The van der Waals surface area contributed by atoms with Crippen molar-refractivity contribution in [2.24, 2.45) is 0 Å². The van der Waals surface area contributed by atoms with E-state index in [1.807, 2.05) is 13.0 Å². The Balaban J connectivity index is 1.77. The monoisotopic (exact) mass is 497 g/mol. The average Bonchev–Trinajstić information content (AvgIpc) is 3.44. The lowest BCUT2D eigenvalue weighted by Gasteiger charge is -2.37. The molecule has 0 spiro atoms. The van der Waals surface area contributed by atoms with Gasteiger partial charge in [0, 0.05) is 17.9 Å². The van der Waals surface area contributed by atoms with Gasteiger partial charge in [0.05, 0.1) is 22.5 Å². The number of para-hydroxylation sites is 1. The van der Waals surface area contributed by atoms with Gasteiger partial charge in [0.1, 0.15) is 6.29 Å². The number of benzene rings is 3. The van der Waals surface area contributed by atoms with Crippen molar-refractivity contribution in [3.8, 4) is 0 Å². The molecule has 0 amide bonds. The Morgan fingerprint density at radius 1 is 0.917 bits per heavy atom. The number of sulfonamides is 1. The standard InChI is InChI=1S/C29H23NO5S/c1-20-13-15-22(16-14-20)36(33,34)30-26-11-6-5-10-23(26)24(18-27(32)28-12-7-17-35-28)25(19-31)29(30)21-8-3-2-4-9-21/h2-17,19,24H,18H2,1H3/t24-/m1/s1. The van der Waals surface area contributed by atoms with Crippen molar-refractivity contribution in [1.29, 1.82) is 0 Å². The van der Waals surface area contributed by atoms with Crippen LogP contribution in [0.3, 0.4) is 0 Å². The first kappa shape index (κ1) is 23.5. The zero-order valence-corrected chi connectivity index (χ0v) is 20.3. The molecule has 0 aliphatic carbocycles. The van der Waals surface area contributed by atoms with Gasteiger partial charge in [-0.25, -0.2) is 12.7 Å². The predicted molar refractivity (Wildman–Crippen MR) is 137 cm³/mol. The van der Waals surface area contributed by atoms with Gasteiger partial charge in [-0.3, -0.25) is 9.59 Å². The number of anilines is 1. The van der Waals surface area contributed by atoms with Crippen molar-refractivity contribution >= 4 is 33.5 Å². The largest absolute Gasteiger partial charge is 0.461 e. The summed E-state index contributed by atoms with van der Waals surface area (Å²) in [5.74, 6) is -0.744. The first-order chi connectivity index (χ1) is 17.4. The highest BCUT2D eigenvalue weighted by Crippen LogP contribution is 2.48. The number of nitrogens with zero attached hydrogens (tertiary/aromatic N) is 1. The van der Waals surface area contributed by atoms with Gasteiger partial charge >= 0.3 is 0 Å². The molecule has 1 aromatic heterocycles. The van der Waals surface area contributed by atoms with Crippen LogP contribution in [0.2, 0.25) is 0 Å². The molecular formula is C29H23NO5S. The van der Waals surface area contributed by atoms with Gasteiger partial charge in [0.25, 0.3) is 10.0 Å². The number of carbonyl (C=O) groups is 2. The topological polar surface area (TPSA) is 84.7 Å². The van der Waals surface area contributed by atoms with Crippen LogP contribution in [0.15, 0.2) is 112 Å². The van der Waals surface area contributed by atoms with Crippen molar-refractivity contribution in [3.05, 3.63) is 125 Å². The van der Waals surface area contributed by atoms with Crippen molar-refractivity contribution in [2.45, 2.75) is 24.2 Å². The second-order valence-electron chi connectivity index (χ2n) is 8.59. The fraction of sp³-hybridized carbons (Fsp3) is 0.103. The summed E-state index contributed by atoms with van der Waals surface area (Å²) in [6.07, 6.45) is 2.03. The molecule has 36 heavy (non-hydrogen) atoms. The summed E-state index contributed by atoms with van der Waals surface area (Å²) in [5.41, 5.74) is 2.92. The lowest BCUT2D eigenvalue weighted by atomic mass is 9.81. The maximum atomic E-state index is 14.1. The number of Topliss-reactive ketones (excluding diaryl/α,β-unsaturated/α-hetero) is 1. The van der Waals surface area contributed by atoms with Gasteiger partial charge in [0.15, 0.2) is 11.5 Å². The number of hydrogen-bond donors (Lipinski definition) is 0. The van der Waals surface area contributed by atoms with Crippen LogP contribution in [0, 0.1) is 6.92 Å². The molecule has 3 aromatic carbocycles. The summed E-state index contributed by atoms with van der Waals surface area (Å²) in [7, 11) is -4.11. The van der Waals surface area contributed by atoms with Crippen LogP contribution < -0.4 is 4.31 Å². The molecule has 1 aliphatic rings. The third-order valence-corrected chi connectivity index (χ3v) is 8.03. The summed E-state index contributed by atoms with van der Waals surface area (Å²) < 4.78 is 34.8. The van der Waals surface area contributed by atoms with E-state index in [4.69, 9.17) is 4.42 Å². The molecule has 0 unspecified atom stereocenters. The van der Waals surface area contributed by atoms with Crippen molar-refractivity contribution in [1.82, 2.24) is 0 Å². The quantitative estimate of drug-likeness (QED) is 0.239. The number of aryl methyl sites for hydroxylation is 1. The van der Waals surface area contributed by atoms with Crippen LogP contribution in [-0.2, 0) is 14.8 Å². The first-order valence-corrected chi connectivity index (χ1v) is 12.9. The van der Waals surface area contributed by atoms with E-state index in [0.717, 1.165) is 5.56 Å². The minimum absolute atomic E-state index is 0.0483. The molecule has 1 aliphatic heterocycles. The molecule has 0 bridgehead atoms. The number of rotatable bonds is 7. The maximum absolute atomic E-state index is 14.1. The molecule has 0 saturated heterocycles. The van der Waals surface area contributed by atoms with Crippen LogP contribution in [0.1, 0.15) is 39.6 Å². The lowest BCUT2D eigenvalue weighted by Crippen LogP contribution is -2.36. The highest BCUT2D eigenvalue weighted by molar-refractivity contribution is 7.93. The minimum Gasteiger partial charge on any atom is -0.461 e. The Hall–Kier alpha value is -4.23. The first-order valence-electron chi connectivity index (χ1n) is 11.4. The molecule has 2 heterocycles. The van der Waals surface area contributed by atoms with E-state index >= 15 is 0 Å². The molecule has 0 fully saturated rings. The lowest BCUT2D eigenvalue weighted by molar-refractivity contribution is -0.105. The van der Waals surface area contributed by atoms with E-state index in [2.05, 4.69) is 0 Å². The number of hydrogen-bond acceptors (Lipinski definition) is 5. The van der Waals surface area contributed by atoms with E-state index in [1.165, 1.54) is 10.6 Å². The average molecular weight is 498 g/mol. The van der Waals surface area contributed by atoms with Crippen LogP contribution in [-0.4, -0.2) is 20.5 Å². The van der Waals surface area contributed by atoms with E-state index in [9.17, 15) is 18.0 Å². The molecule has 5 rings (SSSR count). The van der Waals surface area contributed by atoms with E-state index < -0.39 is 15.9 Å². The maximum Gasteiger partial charge on any atom is 0.268 e. The normalized spacial score (nSPS) is 15.5. The molecule has 180 valence electrons. The SMILES string of the molecule is Cc1ccc(S(=O)(=O)N2C(c3ccccc3)=C(C=O)[C@H](CC(=O)c3ccco3)c3ccccc32)cc1. The smallest absolute Gasteiger partial charge is 0.268 e. The Kier molecular flexibility index (Phi) is 6.16. The Morgan fingerprint density at radius 3 is 2.28 bits per heavy atom. The van der Waals surface area contributed by atoms with Crippen LogP contribution >= 0.6 is 0 Å². The van der Waals surface area contributed by atoms with Gasteiger partial charge in [-0.1, -0.05) is 66.2 Å². The second-order valence-corrected chi connectivity index (χ2v) is 10.4. The van der Waals surface area contributed by atoms with Gasteiger partial charge in [-0.2, -0.15) is 0 Å². The molecule has 0 radical (unpaired) electrons. The molecular weight excluding hydrogens is 474 g/mol. The summed E-state index contributed by atoms with van der Waals surface area (Å²) in [4.78, 5) is 25.8. The summed E-state index contributed by atoms with van der Waals surface area (Å²) in [6.45, 7) is 1.88. The summed E-state index contributed by atoms with van der Waals surface area (Å²) in [5, 5.41) is 0. The zero-order chi connectivity index (χ0) is 25.3. The van der Waals surface area contributed by atoms with Crippen molar-refractivity contribution in [3.63, 3.8) is 0 Å². The molecule has 1 atom stereocenters. The summed E-state index contributed by atoms with van der Waals surface area (Å²) in [6, 6.07) is 25.7. The minimum atomic E-state index is -4.11. The molecule has 0 saturated carbocycles. The third-order valence-electron chi connectivity index (χ3n) is 6.30.